The summed E-state index contributed by atoms with van der Waals surface area (Å²) in [5.41, 5.74) is 0.918. The van der Waals surface area contributed by atoms with Gasteiger partial charge in [-0.3, -0.25) is 4.79 Å². The molecule has 0 aromatic heterocycles. The average molecular weight is 335 g/mol. The number of halogens is 2. The first-order valence-corrected chi connectivity index (χ1v) is 7.08. The number of nitrogens with one attached hydrogen (secondary N) is 1. The van der Waals surface area contributed by atoms with Crippen molar-refractivity contribution in [3.05, 3.63) is 65.7 Å². The zero-order valence-electron chi connectivity index (χ0n) is 12.5. The highest BCUT2D eigenvalue weighted by molar-refractivity contribution is 5.96. The van der Waals surface area contributed by atoms with E-state index < -0.39 is 24.5 Å². The van der Waals surface area contributed by atoms with E-state index in [2.05, 4.69) is 10.1 Å². The first-order chi connectivity index (χ1) is 11.5. The molecular weight excluding hydrogens is 320 g/mol. The second-order valence-electron chi connectivity index (χ2n) is 4.96. The van der Waals surface area contributed by atoms with Gasteiger partial charge < -0.3 is 15.2 Å². The highest BCUT2D eigenvalue weighted by atomic mass is 19.3. The van der Waals surface area contributed by atoms with Gasteiger partial charge in [-0.2, -0.15) is 8.78 Å². The molecule has 2 N–H and O–H groups in total. The monoisotopic (exact) mass is 335 g/mol. The van der Waals surface area contributed by atoms with Crippen molar-refractivity contribution < 1.29 is 28.2 Å². The predicted molar refractivity (Wildman–Crippen MR) is 82.1 cm³/mol. The summed E-state index contributed by atoms with van der Waals surface area (Å²) in [6, 6.07) is 12.8. The van der Waals surface area contributed by atoms with E-state index >= 15 is 0 Å². The number of carboxylic acids is 1. The number of benzene rings is 2. The van der Waals surface area contributed by atoms with Gasteiger partial charge in [-0.15, -0.1) is 0 Å². The van der Waals surface area contributed by atoms with Gasteiger partial charge in [0.15, 0.2) is 0 Å². The Labute approximate surface area is 136 Å². The maximum Gasteiger partial charge on any atom is 0.387 e. The number of carbonyl (C=O) groups is 2. The predicted octanol–water partition coefficient (Wildman–Crippen LogP) is 2.71. The molecule has 2 aromatic rings. The summed E-state index contributed by atoms with van der Waals surface area (Å²) in [4.78, 5) is 23.4. The molecule has 1 atom stereocenters. The zero-order valence-corrected chi connectivity index (χ0v) is 12.5. The van der Waals surface area contributed by atoms with Crippen molar-refractivity contribution in [1.82, 2.24) is 5.32 Å². The van der Waals surface area contributed by atoms with E-state index in [1.54, 1.807) is 30.3 Å². The van der Waals surface area contributed by atoms with Gasteiger partial charge in [0, 0.05) is 12.0 Å². The van der Waals surface area contributed by atoms with Gasteiger partial charge >= 0.3 is 12.6 Å². The van der Waals surface area contributed by atoms with Gasteiger partial charge in [-0.05, 0) is 29.8 Å². The van der Waals surface area contributed by atoms with Crippen LogP contribution in [0.15, 0.2) is 54.6 Å². The van der Waals surface area contributed by atoms with Crippen LogP contribution in [0.2, 0.25) is 0 Å². The standard InChI is InChI=1S/C17H15F2NO4/c18-17(19)24-13-8-6-12(7-9-13)15(21)20-14(16(22)23)10-11-4-2-1-3-5-11/h1-9,14,17H,10H2,(H,20,21)(H,22,23)/t14-/m1/s1. The first kappa shape index (κ1) is 17.4. The molecule has 0 heterocycles. The lowest BCUT2D eigenvalue weighted by Crippen LogP contribution is -2.42. The van der Waals surface area contributed by atoms with Gasteiger partial charge in [0.2, 0.25) is 0 Å². The Morgan fingerprint density at radius 1 is 1.04 bits per heavy atom. The van der Waals surface area contributed by atoms with Crippen molar-refractivity contribution in [2.24, 2.45) is 0 Å². The number of rotatable bonds is 7. The second kappa shape index (κ2) is 8.05. The zero-order chi connectivity index (χ0) is 17.5. The molecule has 0 aliphatic rings. The molecule has 0 aliphatic carbocycles. The van der Waals surface area contributed by atoms with Crippen LogP contribution in [0.25, 0.3) is 0 Å². The van der Waals surface area contributed by atoms with Crippen molar-refractivity contribution in [1.29, 1.82) is 0 Å². The Morgan fingerprint density at radius 3 is 2.21 bits per heavy atom. The fourth-order valence-electron chi connectivity index (χ4n) is 2.08. The SMILES string of the molecule is O=C(N[C@H](Cc1ccccc1)C(=O)O)c1ccc(OC(F)F)cc1. The fourth-order valence-corrected chi connectivity index (χ4v) is 2.08. The molecule has 5 nitrogen and oxygen atoms in total. The second-order valence-corrected chi connectivity index (χ2v) is 4.96. The Bertz CT molecular complexity index is 689. The summed E-state index contributed by atoms with van der Waals surface area (Å²) in [7, 11) is 0. The summed E-state index contributed by atoms with van der Waals surface area (Å²) >= 11 is 0. The van der Waals surface area contributed by atoms with Crippen LogP contribution in [-0.4, -0.2) is 29.6 Å². The Balaban J connectivity index is 2.03. The molecular formula is C17H15F2NO4. The molecule has 7 heteroatoms. The minimum atomic E-state index is -2.95. The van der Waals surface area contributed by atoms with Crippen LogP contribution >= 0.6 is 0 Å². The Hall–Kier alpha value is -2.96. The molecule has 0 spiro atoms. The number of carboxylic acid groups (broad SMARTS) is 1. The van der Waals surface area contributed by atoms with Crippen LogP contribution in [0.3, 0.4) is 0 Å². The fraction of sp³-hybridized carbons (Fsp3) is 0.176. The first-order valence-electron chi connectivity index (χ1n) is 7.08. The number of alkyl halides is 2. The van der Waals surface area contributed by atoms with Crippen molar-refractivity contribution >= 4 is 11.9 Å². The van der Waals surface area contributed by atoms with E-state index in [0.29, 0.717) is 0 Å². The molecule has 126 valence electrons. The highest BCUT2D eigenvalue weighted by Crippen LogP contribution is 2.15. The van der Waals surface area contributed by atoms with Crippen molar-refractivity contribution in [3.8, 4) is 5.75 Å². The molecule has 0 bridgehead atoms. The third kappa shape index (κ3) is 5.05. The molecule has 0 unspecified atom stereocenters. The molecule has 2 rings (SSSR count). The third-order valence-electron chi connectivity index (χ3n) is 3.23. The van der Waals surface area contributed by atoms with Crippen molar-refractivity contribution in [2.45, 2.75) is 19.1 Å². The van der Waals surface area contributed by atoms with Crippen LogP contribution in [0.5, 0.6) is 5.75 Å². The Kier molecular flexibility index (Phi) is 5.83. The number of hydrogen-bond donors (Lipinski definition) is 2. The van der Waals surface area contributed by atoms with Gasteiger partial charge in [-0.25, -0.2) is 4.79 Å². The summed E-state index contributed by atoms with van der Waals surface area (Å²) in [5.74, 6) is -1.85. The largest absolute Gasteiger partial charge is 0.480 e. The maximum atomic E-state index is 12.1. The summed E-state index contributed by atoms with van der Waals surface area (Å²) in [6.07, 6.45) is 0.133. The number of aliphatic carboxylic acids is 1. The van der Waals surface area contributed by atoms with Crippen LogP contribution in [0.4, 0.5) is 8.78 Å². The van der Waals surface area contributed by atoms with Crippen LogP contribution in [0.1, 0.15) is 15.9 Å². The summed E-state index contributed by atoms with van der Waals surface area (Å²) in [5, 5.41) is 11.7. The molecule has 0 saturated heterocycles. The lowest BCUT2D eigenvalue weighted by atomic mass is 10.1. The molecule has 0 radical (unpaired) electrons. The molecule has 0 fully saturated rings. The highest BCUT2D eigenvalue weighted by Gasteiger charge is 2.21. The van der Waals surface area contributed by atoms with E-state index in [-0.39, 0.29) is 17.7 Å². The number of hydrogen-bond acceptors (Lipinski definition) is 3. The van der Waals surface area contributed by atoms with E-state index in [1.165, 1.54) is 24.3 Å². The van der Waals surface area contributed by atoms with Gasteiger partial charge in [-0.1, -0.05) is 30.3 Å². The van der Waals surface area contributed by atoms with E-state index in [1.807, 2.05) is 0 Å². The van der Waals surface area contributed by atoms with Gasteiger partial charge in [0.05, 0.1) is 0 Å². The van der Waals surface area contributed by atoms with Crippen LogP contribution in [0, 0.1) is 0 Å². The van der Waals surface area contributed by atoms with E-state index in [0.717, 1.165) is 5.56 Å². The van der Waals surface area contributed by atoms with Crippen LogP contribution < -0.4 is 10.1 Å². The van der Waals surface area contributed by atoms with E-state index in [9.17, 15) is 23.5 Å². The normalized spacial score (nSPS) is 11.8. The number of carbonyl (C=O) groups excluding carboxylic acids is 1. The Morgan fingerprint density at radius 2 is 1.67 bits per heavy atom. The maximum absolute atomic E-state index is 12.1. The third-order valence-corrected chi connectivity index (χ3v) is 3.23. The quantitative estimate of drug-likeness (QED) is 0.816. The summed E-state index contributed by atoms with van der Waals surface area (Å²) in [6.45, 7) is -2.95. The van der Waals surface area contributed by atoms with Crippen molar-refractivity contribution in [3.63, 3.8) is 0 Å². The van der Waals surface area contributed by atoms with E-state index in [4.69, 9.17) is 0 Å². The molecule has 2 aromatic carbocycles. The lowest BCUT2D eigenvalue weighted by molar-refractivity contribution is -0.139. The molecule has 1 amide bonds. The molecule has 0 saturated carbocycles. The van der Waals surface area contributed by atoms with Gasteiger partial charge in [0.1, 0.15) is 11.8 Å². The number of amides is 1. The smallest absolute Gasteiger partial charge is 0.387 e. The topological polar surface area (TPSA) is 75.6 Å². The minimum Gasteiger partial charge on any atom is -0.480 e. The van der Waals surface area contributed by atoms with Crippen molar-refractivity contribution in [2.75, 3.05) is 0 Å². The summed E-state index contributed by atoms with van der Waals surface area (Å²) < 4.78 is 28.3. The molecule has 24 heavy (non-hydrogen) atoms. The minimum absolute atomic E-state index is 0.0828. The lowest BCUT2D eigenvalue weighted by Gasteiger charge is -2.15. The molecule has 0 aliphatic heterocycles. The van der Waals surface area contributed by atoms with Crippen LogP contribution in [-0.2, 0) is 11.2 Å². The van der Waals surface area contributed by atoms with Gasteiger partial charge in [0.25, 0.3) is 5.91 Å². The number of ether oxygens (including phenoxy) is 1. The average Bonchev–Trinajstić information content (AvgIpc) is 2.55.